The zero-order valence-corrected chi connectivity index (χ0v) is 22.6. The van der Waals surface area contributed by atoms with Gasteiger partial charge in [-0.1, -0.05) is 30.3 Å². The van der Waals surface area contributed by atoms with E-state index in [1.165, 1.54) is 6.07 Å². The average molecular weight is 521 g/mol. The van der Waals surface area contributed by atoms with Crippen molar-refractivity contribution in [1.82, 2.24) is 0 Å². The fourth-order valence-electron chi connectivity index (χ4n) is 5.11. The van der Waals surface area contributed by atoms with Crippen LogP contribution in [0, 0.1) is 10.1 Å². The predicted molar refractivity (Wildman–Crippen MR) is 158 cm³/mol. The van der Waals surface area contributed by atoms with Crippen LogP contribution in [-0.4, -0.2) is 36.4 Å². The number of fused-ring (bicyclic) bond motifs is 2. The van der Waals surface area contributed by atoms with Crippen molar-refractivity contribution in [1.29, 1.82) is 0 Å². The summed E-state index contributed by atoms with van der Waals surface area (Å²) in [6, 6.07) is 20.2. The zero-order chi connectivity index (χ0) is 27.9. The maximum atomic E-state index is 13.6. The molecule has 4 aromatic rings. The molecule has 7 nitrogen and oxygen atoms in total. The van der Waals surface area contributed by atoms with Crippen molar-refractivity contribution >= 4 is 52.0 Å². The van der Waals surface area contributed by atoms with Gasteiger partial charge in [-0.15, -0.1) is 0 Å². The van der Waals surface area contributed by atoms with Crippen LogP contribution in [0.25, 0.3) is 29.2 Å². The monoisotopic (exact) mass is 520 g/mol. The van der Waals surface area contributed by atoms with Crippen molar-refractivity contribution in [3.63, 3.8) is 0 Å². The summed E-state index contributed by atoms with van der Waals surface area (Å²) in [5.74, 6) is 0.457. The van der Waals surface area contributed by atoms with Gasteiger partial charge in [0.05, 0.1) is 21.3 Å². The Bertz CT molecular complexity index is 1760. The molecule has 1 aromatic heterocycles. The fourth-order valence-corrected chi connectivity index (χ4v) is 5.11. The van der Waals surface area contributed by atoms with Gasteiger partial charge < -0.3 is 9.32 Å². The Morgan fingerprint density at radius 2 is 1.67 bits per heavy atom. The highest BCUT2D eigenvalue weighted by atomic mass is 16.6. The van der Waals surface area contributed by atoms with Gasteiger partial charge in [0.25, 0.3) is 5.69 Å². The number of hydrogen-bond donors (Lipinski definition) is 0. The maximum absolute atomic E-state index is 13.6. The van der Waals surface area contributed by atoms with E-state index in [-0.39, 0.29) is 16.0 Å². The van der Waals surface area contributed by atoms with Gasteiger partial charge >= 0.3 is 0 Å². The SMILES string of the molecule is CN(C)c1ccc(/C=C/c2oc3ccccc3c(=O)c2/C=C/C2=[N+](C)c3ccc([N+](=O)[O-])cc3C2(C)C)cc1. The van der Waals surface area contributed by atoms with Crippen molar-refractivity contribution in [2.75, 3.05) is 26.0 Å². The lowest BCUT2D eigenvalue weighted by atomic mass is 9.81. The Balaban J connectivity index is 1.58. The fraction of sp³-hybridized carbons (Fsp3) is 0.188. The molecule has 7 heteroatoms. The molecule has 39 heavy (non-hydrogen) atoms. The van der Waals surface area contributed by atoms with Gasteiger partial charge in [0, 0.05) is 49.6 Å². The van der Waals surface area contributed by atoms with Crippen LogP contribution in [0.1, 0.15) is 36.3 Å². The third-order valence-corrected chi connectivity index (χ3v) is 7.33. The van der Waals surface area contributed by atoms with E-state index in [4.69, 9.17) is 4.42 Å². The lowest BCUT2D eigenvalue weighted by Crippen LogP contribution is -2.26. The lowest BCUT2D eigenvalue weighted by molar-refractivity contribution is -0.402. The summed E-state index contributed by atoms with van der Waals surface area (Å²) in [4.78, 5) is 26.7. The number of nitrogens with zero attached hydrogens (tertiary/aromatic N) is 3. The number of para-hydroxylation sites is 1. The van der Waals surface area contributed by atoms with Gasteiger partial charge in [-0.05, 0) is 55.8 Å². The second kappa shape index (κ2) is 9.83. The Morgan fingerprint density at radius 3 is 2.36 bits per heavy atom. The first-order chi connectivity index (χ1) is 18.6. The molecule has 0 aliphatic carbocycles. The van der Waals surface area contributed by atoms with E-state index >= 15 is 0 Å². The van der Waals surface area contributed by atoms with Gasteiger partial charge in [0.2, 0.25) is 11.1 Å². The van der Waals surface area contributed by atoms with Crippen molar-refractivity contribution in [3.8, 4) is 0 Å². The Labute approximate surface area is 226 Å². The summed E-state index contributed by atoms with van der Waals surface area (Å²) in [5.41, 5.74) is 5.15. The van der Waals surface area contributed by atoms with Gasteiger partial charge in [-0.25, -0.2) is 0 Å². The molecule has 1 aliphatic heterocycles. The van der Waals surface area contributed by atoms with Crippen molar-refractivity contribution in [3.05, 3.63) is 116 Å². The van der Waals surface area contributed by atoms with E-state index in [1.807, 2.05) is 99.1 Å². The molecular weight excluding hydrogens is 490 g/mol. The van der Waals surface area contributed by atoms with Crippen LogP contribution >= 0.6 is 0 Å². The Kier molecular flexibility index (Phi) is 6.52. The number of non-ortho nitro benzene ring substituents is 1. The van der Waals surface area contributed by atoms with E-state index in [9.17, 15) is 14.9 Å². The quantitative estimate of drug-likeness (QED) is 0.161. The summed E-state index contributed by atoms with van der Waals surface area (Å²) in [6.45, 7) is 4.06. The van der Waals surface area contributed by atoms with Crippen LogP contribution in [-0.2, 0) is 5.41 Å². The van der Waals surface area contributed by atoms with Gasteiger partial charge in [-0.3, -0.25) is 14.9 Å². The minimum atomic E-state index is -0.506. The summed E-state index contributed by atoms with van der Waals surface area (Å²) < 4.78 is 8.23. The van der Waals surface area contributed by atoms with Crippen molar-refractivity contribution < 1.29 is 13.9 Å². The van der Waals surface area contributed by atoms with Crippen molar-refractivity contribution in [2.24, 2.45) is 0 Å². The smallest absolute Gasteiger partial charge is 0.270 e. The summed E-state index contributed by atoms with van der Waals surface area (Å²) >= 11 is 0. The second-order valence-corrected chi connectivity index (χ2v) is 10.4. The van der Waals surface area contributed by atoms with E-state index in [0.29, 0.717) is 22.3 Å². The van der Waals surface area contributed by atoms with Gasteiger partial charge in [-0.2, -0.15) is 4.58 Å². The van der Waals surface area contributed by atoms with Crippen LogP contribution in [0.3, 0.4) is 0 Å². The van der Waals surface area contributed by atoms with Gasteiger partial charge in [0.1, 0.15) is 18.4 Å². The Morgan fingerprint density at radius 1 is 0.949 bits per heavy atom. The molecule has 0 bridgehead atoms. The van der Waals surface area contributed by atoms with Crippen LogP contribution in [0.4, 0.5) is 17.1 Å². The molecule has 0 radical (unpaired) electrons. The number of nitro groups is 1. The molecule has 1 aliphatic rings. The van der Waals surface area contributed by atoms with Gasteiger partial charge in [0.15, 0.2) is 5.71 Å². The molecule has 5 rings (SSSR count). The predicted octanol–water partition coefficient (Wildman–Crippen LogP) is 6.66. The summed E-state index contributed by atoms with van der Waals surface area (Å²) in [6.07, 6.45) is 7.46. The summed E-state index contributed by atoms with van der Waals surface area (Å²) in [7, 11) is 5.92. The molecular formula is C32H30N3O4+. The standard InChI is InChI=1S/C32H30N3O4/c1-32(2)26-20-23(35(37)38)15-17-27(26)34(5)30(32)19-16-25-29(39-28-9-7-6-8-24(28)31(25)36)18-12-21-10-13-22(14-11-21)33(3)4/h6-20H,1-5H3/q+1. The van der Waals surface area contributed by atoms with Crippen LogP contribution in [0.15, 0.2) is 82.0 Å². The van der Waals surface area contributed by atoms with Crippen molar-refractivity contribution in [2.45, 2.75) is 19.3 Å². The molecule has 3 aromatic carbocycles. The first kappa shape index (κ1) is 25.9. The van der Waals surface area contributed by atoms with E-state index < -0.39 is 5.41 Å². The normalized spacial score (nSPS) is 14.5. The highest BCUT2D eigenvalue weighted by molar-refractivity contribution is 6.05. The largest absolute Gasteiger partial charge is 0.456 e. The molecule has 0 fully saturated rings. The first-order valence-corrected chi connectivity index (χ1v) is 12.7. The zero-order valence-electron chi connectivity index (χ0n) is 22.6. The highest BCUT2D eigenvalue weighted by Gasteiger charge is 2.44. The molecule has 0 spiro atoms. The number of nitro benzene ring substituents is 1. The molecule has 0 N–H and O–H groups in total. The van der Waals surface area contributed by atoms with E-state index in [2.05, 4.69) is 0 Å². The minimum absolute atomic E-state index is 0.0571. The molecule has 0 unspecified atom stereocenters. The summed E-state index contributed by atoms with van der Waals surface area (Å²) in [5, 5.41) is 11.9. The number of rotatable bonds is 6. The van der Waals surface area contributed by atoms with E-state index in [0.717, 1.165) is 28.2 Å². The number of benzene rings is 3. The number of hydrogen-bond acceptors (Lipinski definition) is 5. The molecule has 2 heterocycles. The van der Waals surface area contributed by atoms with Crippen LogP contribution in [0.5, 0.6) is 0 Å². The Hall–Kier alpha value is -4.78. The third-order valence-electron chi connectivity index (χ3n) is 7.33. The van der Waals surface area contributed by atoms with Crippen LogP contribution in [0.2, 0.25) is 0 Å². The average Bonchev–Trinajstić information content (AvgIpc) is 3.11. The molecule has 0 amide bonds. The second-order valence-electron chi connectivity index (χ2n) is 10.4. The molecule has 0 saturated heterocycles. The highest BCUT2D eigenvalue weighted by Crippen LogP contribution is 2.41. The topological polar surface area (TPSA) is 79.6 Å². The van der Waals surface area contributed by atoms with Crippen LogP contribution < -0.4 is 10.3 Å². The van der Waals surface area contributed by atoms with E-state index in [1.54, 1.807) is 30.3 Å². The first-order valence-electron chi connectivity index (χ1n) is 12.7. The number of anilines is 1. The molecule has 0 saturated carbocycles. The maximum Gasteiger partial charge on any atom is 0.270 e. The molecule has 0 atom stereocenters. The number of allylic oxidation sites excluding steroid dienone is 1. The molecule has 196 valence electrons. The lowest BCUT2D eigenvalue weighted by Gasteiger charge is -2.15. The minimum Gasteiger partial charge on any atom is -0.456 e. The third kappa shape index (κ3) is 4.68.